The van der Waals surface area contributed by atoms with Crippen molar-refractivity contribution in [3.8, 4) is 0 Å². The molecule has 0 saturated carbocycles. The Morgan fingerprint density at radius 1 is 1.22 bits per heavy atom. The summed E-state index contributed by atoms with van der Waals surface area (Å²) in [6.45, 7) is 0. The van der Waals surface area contributed by atoms with Crippen LogP contribution in [-0.2, 0) is 17.6 Å². The molecule has 1 atom stereocenters. The normalized spacial score (nSPS) is 12.3. The molecule has 0 fully saturated rings. The Morgan fingerprint density at radius 2 is 2.00 bits per heavy atom. The third-order valence-electron chi connectivity index (χ3n) is 2.80. The van der Waals surface area contributed by atoms with Gasteiger partial charge in [0.05, 0.1) is 5.92 Å². The zero-order chi connectivity index (χ0) is 13.0. The summed E-state index contributed by atoms with van der Waals surface area (Å²) in [4.78, 5) is 12.2. The van der Waals surface area contributed by atoms with Gasteiger partial charge in [-0.3, -0.25) is 4.79 Å². The van der Waals surface area contributed by atoms with Gasteiger partial charge in [-0.25, -0.2) is 4.39 Å². The van der Waals surface area contributed by atoms with E-state index >= 15 is 0 Å². The fraction of sp³-hybridized carbons (Fsp3) is 0.214. The molecule has 0 radical (unpaired) electrons. The Morgan fingerprint density at radius 3 is 2.61 bits per heavy atom. The van der Waals surface area contributed by atoms with Crippen LogP contribution in [0.1, 0.15) is 10.4 Å². The van der Waals surface area contributed by atoms with E-state index in [-0.39, 0.29) is 12.2 Å². The summed E-state index contributed by atoms with van der Waals surface area (Å²) < 4.78 is 13.5. The van der Waals surface area contributed by atoms with Crippen molar-refractivity contribution in [2.24, 2.45) is 5.92 Å². The van der Waals surface area contributed by atoms with Crippen LogP contribution < -0.4 is 0 Å². The van der Waals surface area contributed by atoms with Gasteiger partial charge in [-0.2, -0.15) is 0 Å². The number of hydrogen-bond acceptors (Lipinski definition) is 2. The second-order valence-corrected chi connectivity index (χ2v) is 5.15. The minimum atomic E-state index is -0.883. The van der Waals surface area contributed by atoms with Gasteiger partial charge in [0.1, 0.15) is 5.82 Å². The van der Waals surface area contributed by atoms with E-state index in [1.165, 1.54) is 17.4 Å². The minimum absolute atomic E-state index is 0.222. The Labute approximate surface area is 109 Å². The highest BCUT2D eigenvalue weighted by molar-refractivity contribution is 7.09. The summed E-state index contributed by atoms with van der Waals surface area (Å²) in [5, 5.41) is 11.1. The van der Waals surface area contributed by atoms with E-state index in [9.17, 15) is 14.3 Å². The molecule has 0 bridgehead atoms. The number of benzene rings is 1. The van der Waals surface area contributed by atoms with Gasteiger partial charge in [-0.05, 0) is 35.9 Å². The molecule has 2 nitrogen and oxygen atoms in total. The second-order valence-electron chi connectivity index (χ2n) is 4.11. The van der Waals surface area contributed by atoms with Crippen molar-refractivity contribution >= 4 is 17.3 Å². The first-order chi connectivity index (χ1) is 8.66. The average molecular weight is 264 g/mol. The third-order valence-corrected chi connectivity index (χ3v) is 3.70. The van der Waals surface area contributed by atoms with Crippen LogP contribution in [-0.4, -0.2) is 11.1 Å². The van der Waals surface area contributed by atoms with Gasteiger partial charge >= 0.3 is 5.97 Å². The van der Waals surface area contributed by atoms with Gasteiger partial charge in [0.25, 0.3) is 0 Å². The summed E-state index contributed by atoms with van der Waals surface area (Å²) in [7, 11) is 0. The molecule has 1 aromatic carbocycles. The van der Waals surface area contributed by atoms with Gasteiger partial charge in [0.15, 0.2) is 0 Å². The van der Waals surface area contributed by atoms with Crippen molar-refractivity contribution in [3.05, 3.63) is 58.0 Å². The van der Waals surface area contributed by atoms with E-state index in [1.807, 2.05) is 17.5 Å². The quantitative estimate of drug-likeness (QED) is 0.899. The molecule has 1 aromatic heterocycles. The van der Waals surface area contributed by atoms with Crippen molar-refractivity contribution in [2.75, 3.05) is 0 Å². The first kappa shape index (κ1) is 12.8. The third kappa shape index (κ3) is 3.17. The lowest BCUT2D eigenvalue weighted by Crippen LogP contribution is -2.19. The first-order valence-corrected chi connectivity index (χ1v) is 6.53. The maximum atomic E-state index is 13.5. The second kappa shape index (κ2) is 5.78. The van der Waals surface area contributed by atoms with Gasteiger partial charge in [-0.15, -0.1) is 11.3 Å². The number of carboxylic acids is 1. The molecule has 4 heteroatoms. The predicted octanol–water partition coefficient (Wildman–Crippen LogP) is 3.37. The van der Waals surface area contributed by atoms with Crippen LogP contribution in [0.3, 0.4) is 0 Å². The Balaban J connectivity index is 2.12. The van der Waals surface area contributed by atoms with Crippen molar-refractivity contribution < 1.29 is 14.3 Å². The highest BCUT2D eigenvalue weighted by Crippen LogP contribution is 2.20. The van der Waals surface area contributed by atoms with E-state index in [0.29, 0.717) is 12.0 Å². The molecule has 0 saturated heterocycles. The zero-order valence-electron chi connectivity index (χ0n) is 9.67. The number of thiophene rings is 1. The molecule has 2 aromatic rings. The molecule has 0 amide bonds. The Kier molecular flexibility index (Phi) is 4.10. The van der Waals surface area contributed by atoms with E-state index in [2.05, 4.69) is 0 Å². The number of rotatable bonds is 5. The van der Waals surface area contributed by atoms with E-state index in [0.717, 1.165) is 4.88 Å². The summed E-state index contributed by atoms with van der Waals surface area (Å²) in [5.74, 6) is -1.80. The zero-order valence-corrected chi connectivity index (χ0v) is 10.5. The number of hydrogen-bond donors (Lipinski definition) is 1. The SMILES string of the molecule is O=C(O)C(Cc1cccs1)Cc1ccccc1F. The Hall–Kier alpha value is -1.68. The molecule has 0 aliphatic carbocycles. The Bertz CT molecular complexity index is 522. The van der Waals surface area contributed by atoms with Crippen molar-refractivity contribution in [1.82, 2.24) is 0 Å². The number of carboxylic acid groups (broad SMARTS) is 1. The first-order valence-electron chi connectivity index (χ1n) is 5.65. The maximum absolute atomic E-state index is 13.5. The molecule has 0 aliphatic heterocycles. The van der Waals surface area contributed by atoms with Crippen LogP contribution in [0.4, 0.5) is 4.39 Å². The maximum Gasteiger partial charge on any atom is 0.307 e. The molecule has 18 heavy (non-hydrogen) atoms. The van der Waals surface area contributed by atoms with Crippen LogP contribution in [0.5, 0.6) is 0 Å². The molecular weight excluding hydrogens is 251 g/mol. The van der Waals surface area contributed by atoms with Gasteiger partial charge in [0, 0.05) is 4.88 Å². The monoisotopic (exact) mass is 264 g/mol. The number of halogens is 1. The molecular formula is C14H13FO2S. The standard InChI is InChI=1S/C14H13FO2S/c15-13-6-2-1-4-10(13)8-11(14(16)17)9-12-5-3-7-18-12/h1-7,11H,8-9H2,(H,16,17). The van der Waals surface area contributed by atoms with Gasteiger partial charge in [0.2, 0.25) is 0 Å². The molecule has 0 spiro atoms. The highest BCUT2D eigenvalue weighted by Gasteiger charge is 2.20. The largest absolute Gasteiger partial charge is 0.481 e. The molecule has 2 rings (SSSR count). The van der Waals surface area contributed by atoms with E-state index in [4.69, 9.17) is 0 Å². The smallest absolute Gasteiger partial charge is 0.307 e. The molecule has 1 heterocycles. The molecule has 1 unspecified atom stereocenters. The summed E-state index contributed by atoms with van der Waals surface area (Å²) in [6.07, 6.45) is 0.668. The van der Waals surface area contributed by atoms with Crippen LogP contribution in [0.25, 0.3) is 0 Å². The lowest BCUT2D eigenvalue weighted by Gasteiger charge is -2.11. The fourth-order valence-corrected chi connectivity index (χ4v) is 2.63. The van der Waals surface area contributed by atoms with Crippen molar-refractivity contribution in [2.45, 2.75) is 12.8 Å². The topological polar surface area (TPSA) is 37.3 Å². The molecule has 94 valence electrons. The van der Waals surface area contributed by atoms with Crippen molar-refractivity contribution in [3.63, 3.8) is 0 Å². The summed E-state index contributed by atoms with van der Waals surface area (Å²) >= 11 is 1.53. The van der Waals surface area contributed by atoms with Crippen LogP contribution >= 0.6 is 11.3 Å². The fourth-order valence-electron chi connectivity index (χ4n) is 1.85. The highest BCUT2D eigenvalue weighted by atomic mass is 32.1. The van der Waals surface area contributed by atoms with Gasteiger partial charge < -0.3 is 5.11 Å². The summed E-state index contributed by atoms with van der Waals surface area (Å²) in [5.41, 5.74) is 0.460. The lowest BCUT2D eigenvalue weighted by molar-refractivity contribution is -0.141. The predicted molar refractivity (Wildman–Crippen MR) is 69.3 cm³/mol. The molecule has 0 aliphatic rings. The summed E-state index contributed by atoms with van der Waals surface area (Å²) in [6, 6.07) is 10.1. The van der Waals surface area contributed by atoms with Crippen molar-refractivity contribution in [1.29, 1.82) is 0 Å². The van der Waals surface area contributed by atoms with Crippen LogP contribution in [0, 0.1) is 11.7 Å². The number of carbonyl (C=O) groups is 1. The van der Waals surface area contributed by atoms with E-state index < -0.39 is 11.9 Å². The van der Waals surface area contributed by atoms with Crippen LogP contribution in [0.2, 0.25) is 0 Å². The average Bonchev–Trinajstić information content (AvgIpc) is 2.83. The lowest BCUT2D eigenvalue weighted by atomic mass is 9.95. The minimum Gasteiger partial charge on any atom is -0.481 e. The van der Waals surface area contributed by atoms with E-state index in [1.54, 1.807) is 18.2 Å². The molecule has 1 N–H and O–H groups in total. The number of aliphatic carboxylic acids is 1. The van der Waals surface area contributed by atoms with Gasteiger partial charge in [-0.1, -0.05) is 24.3 Å². The van der Waals surface area contributed by atoms with Crippen LogP contribution in [0.15, 0.2) is 41.8 Å².